The Balaban J connectivity index is 1.59. The van der Waals surface area contributed by atoms with E-state index in [4.69, 9.17) is 0 Å². The number of hydrogen-bond acceptors (Lipinski definition) is 6. The number of amides is 1. The minimum Gasteiger partial charge on any atom is -0.465 e. The highest BCUT2D eigenvalue weighted by molar-refractivity contribution is 7.15. The van der Waals surface area contributed by atoms with Crippen molar-refractivity contribution in [3.05, 3.63) is 70.6 Å². The zero-order chi connectivity index (χ0) is 19.7. The Kier molecular flexibility index (Phi) is 4.62. The number of aryl methyl sites for hydroxylation is 1. The summed E-state index contributed by atoms with van der Waals surface area (Å²) >= 11 is 1.44. The van der Waals surface area contributed by atoms with E-state index in [0.29, 0.717) is 16.1 Å². The largest absolute Gasteiger partial charge is 0.465 e. The van der Waals surface area contributed by atoms with E-state index in [9.17, 15) is 9.59 Å². The van der Waals surface area contributed by atoms with Crippen LogP contribution in [-0.4, -0.2) is 33.6 Å². The van der Waals surface area contributed by atoms with Gasteiger partial charge in [-0.15, -0.1) is 16.4 Å². The first kappa shape index (κ1) is 17.9. The summed E-state index contributed by atoms with van der Waals surface area (Å²) in [6.45, 7) is 2.03. The maximum absolute atomic E-state index is 12.5. The van der Waals surface area contributed by atoms with E-state index in [0.717, 1.165) is 11.3 Å². The van der Waals surface area contributed by atoms with Crippen LogP contribution in [0.3, 0.4) is 0 Å². The van der Waals surface area contributed by atoms with Gasteiger partial charge in [0, 0.05) is 16.5 Å². The van der Waals surface area contributed by atoms with E-state index in [1.54, 1.807) is 22.7 Å². The molecule has 0 atom stereocenters. The summed E-state index contributed by atoms with van der Waals surface area (Å²) in [5.41, 5.74) is 3.72. The summed E-state index contributed by atoms with van der Waals surface area (Å²) < 4.78 is 6.39. The predicted molar refractivity (Wildman–Crippen MR) is 107 cm³/mol. The molecule has 0 saturated carbocycles. The van der Waals surface area contributed by atoms with Gasteiger partial charge in [0.15, 0.2) is 0 Å². The van der Waals surface area contributed by atoms with Gasteiger partial charge in [0.05, 0.1) is 18.4 Å². The molecule has 2 aromatic carbocycles. The van der Waals surface area contributed by atoms with Crippen LogP contribution in [0.2, 0.25) is 0 Å². The van der Waals surface area contributed by atoms with Crippen LogP contribution in [0.4, 0.5) is 5.95 Å². The average molecular weight is 392 g/mol. The van der Waals surface area contributed by atoms with Gasteiger partial charge in [0.25, 0.3) is 11.9 Å². The zero-order valence-electron chi connectivity index (χ0n) is 15.2. The number of anilines is 1. The van der Waals surface area contributed by atoms with Crippen molar-refractivity contribution in [2.24, 2.45) is 0 Å². The van der Waals surface area contributed by atoms with Crippen LogP contribution >= 0.6 is 11.3 Å². The summed E-state index contributed by atoms with van der Waals surface area (Å²) in [4.78, 5) is 29.2. The number of esters is 1. The molecule has 0 aliphatic carbocycles. The number of ether oxygens (including phenoxy) is 1. The lowest BCUT2D eigenvalue weighted by Crippen LogP contribution is -2.14. The number of hydrogen-bond donors (Lipinski definition) is 1. The van der Waals surface area contributed by atoms with E-state index in [1.807, 2.05) is 36.6 Å². The summed E-state index contributed by atoms with van der Waals surface area (Å²) in [7, 11) is 1.29. The standard InChI is InChI=1S/C20H16N4O3S/c1-12-6-8-13(9-7-12)16-11-28-20-22-19(23-24(16)20)21-17(25)14-4-3-5-15(10-14)18(26)27-2/h3-11H,1-2H3,(H,21,23,25). The molecule has 2 aromatic heterocycles. The van der Waals surface area contributed by atoms with Crippen LogP contribution in [0, 0.1) is 6.92 Å². The Hall–Kier alpha value is -3.52. The molecule has 28 heavy (non-hydrogen) atoms. The van der Waals surface area contributed by atoms with Crippen molar-refractivity contribution in [1.82, 2.24) is 14.6 Å². The molecular formula is C20H16N4O3S. The van der Waals surface area contributed by atoms with Gasteiger partial charge in [-0.25, -0.2) is 9.31 Å². The van der Waals surface area contributed by atoms with E-state index < -0.39 is 11.9 Å². The first-order chi connectivity index (χ1) is 13.5. The van der Waals surface area contributed by atoms with E-state index >= 15 is 0 Å². The van der Waals surface area contributed by atoms with Gasteiger partial charge in [0.1, 0.15) is 0 Å². The summed E-state index contributed by atoms with van der Waals surface area (Å²) in [5.74, 6) is -0.701. The minimum atomic E-state index is -0.502. The topological polar surface area (TPSA) is 85.6 Å². The molecule has 0 saturated heterocycles. The molecule has 1 amide bonds. The number of nitrogens with zero attached hydrogens (tertiary/aromatic N) is 3. The molecule has 7 nitrogen and oxygen atoms in total. The second-order valence-electron chi connectivity index (χ2n) is 6.14. The van der Waals surface area contributed by atoms with Crippen molar-refractivity contribution in [2.45, 2.75) is 6.92 Å². The average Bonchev–Trinajstić information content (AvgIpc) is 3.28. The van der Waals surface area contributed by atoms with Crippen molar-refractivity contribution in [1.29, 1.82) is 0 Å². The maximum Gasteiger partial charge on any atom is 0.337 e. The quantitative estimate of drug-likeness (QED) is 0.534. The van der Waals surface area contributed by atoms with Gasteiger partial charge in [-0.05, 0) is 25.1 Å². The monoisotopic (exact) mass is 392 g/mol. The highest BCUT2D eigenvalue weighted by atomic mass is 32.1. The fourth-order valence-corrected chi connectivity index (χ4v) is 3.57. The van der Waals surface area contributed by atoms with Crippen LogP contribution in [0.25, 0.3) is 16.2 Å². The number of methoxy groups -OCH3 is 1. The SMILES string of the molecule is COC(=O)c1cccc(C(=O)Nc2nc3scc(-c4ccc(C)cc4)n3n2)c1. The predicted octanol–water partition coefficient (Wildman–Crippen LogP) is 3.81. The van der Waals surface area contributed by atoms with Gasteiger partial charge in [-0.1, -0.05) is 35.9 Å². The number of rotatable bonds is 4. The normalized spacial score (nSPS) is 10.8. The molecular weight excluding hydrogens is 376 g/mol. The fraction of sp³-hybridized carbons (Fsp3) is 0.100. The molecule has 0 fully saturated rings. The van der Waals surface area contributed by atoms with Crippen LogP contribution in [0.15, 0.2) is 53.9 Å². The molecule has 0 bridgehead atoms. The Labute approximate surface area is 164 Å². The van der Waals surface area contributed by atoms with Gasteiger partial charge in [-0.2, -0.15) is 4.98 Å². The Morgan fingerprint density at radius 3 is 2.61 bits per heavy atom. The number of thiazole rings is 1. The maximum atomic E-state index is 12.5. The Morgan fingerprint density at radius 1 is 1.11 bits per heavy atom. The van der Waals surface area contributed by atoms with Crippen LogP contribution in [0.5, 0.6) is 0 Å². The molecule has 8 heteroatoms. The highest BCUT2D eigenvalue weighted by Gasteiger charge is 2.15. The molecule has 4 aromatic rings. The first-order valence-electron chi connectivity index (χ1n) is 8.46. The van der Waals surface area contributed by atoms with Gasteiger partial charge in [-0.3, -0.25) is 10.1 Å². The molecule has 0 spiro atoms. The fourth-order valence-electron chi connectivity index (χ4n) is 2.74. The second-order valence-corrected chi connectivity index (χ2v) is 6.98. The van der Waals surface area contributed by atoms with E-state index in [1.165, 1.54) is 30.1 Å². The van der Waals surface area contributed by atoms with Crippen molar-refractivity contribution in [3.8, 4) is 11.3 Å². The number of aromatic nitrogens is 3. The molecule has 0 radical (unpaired) electrons. The van der Waals surface area contributed by atoms with Crippen molar-refractivity contribution < 1.29 is 14.3 Å². The second kappa shape index (κ2) is 7.24. The van der Waals surface area contributed by atoms with Crippen molar-refractivity contribution >= 4 is 34.1 Å². The number of benzene rings is 2. The summed E-state index contributed by atoms with van der Waals surface area (Å²) in [5, 5.41) is 9.06. The van der Waals surface area contributed by atoms with Crippen LogP contribution < -0.4 is 5.32 Å². The Morgan fingerprint density at radius 2 is 1.86 bits per heavy atom. The zero-order valence-corrected chi connectivity index (χ0v) is 16.0. The van der Waals surface area contributed by atoms with Gasteiger partial charge >= 0.3 is 5.97 Å². The highest BCUT2D eigenvalue weighted by Crippen LogP contribution is 2.26. The molecule has 1 N–H and O–H groups in total. The summed E-state index contributed by atoms with van der Waals surface area (Å²) in [6.07, 6.45) is 0. The molecule has 140 valence electrons. The lowest BCUT2D eigenvalue weighted by atomic mass is 10.1. The van der Waals surface area contributed by atoms with Crippen molar-refractivity contribution in [2.75, 3.05) is 12.4 Å². The van der Waals surface area contributed by atoms with Crippen molar-refractivity contribution in [3.63, 3.8) is 0 Å². The van der Waals surface area contributed by atoms with Gasteiger partial charge < -0.3 is 4.74 Å². The third-order valence-corrected chi connectivity index (χ3v) is 5.02. The molecule has 0 unspecified atom stereocenters. The minimum absolute atomic E-state index is 0.202. The van der Waals surface area contributed by atoms with Gasteiger partial charge in [0.2, 0.25) is 4.96 Å². The summed E-state index contributed by atoms with van der Waals surface area (Å²) in [6, 6.07) is 14.4. The van der Waals surface area contributed by atoms with Crippen LogP contribution in [0.1, 0.15) is 26.3 Å². The molecule has 0 aliphatic rings. The lowest BCUT2D eigenvalue weighted by molar-refractivity contribution is 0.0600. The lowest BCUT2D eigenvalue weighted by Gasteiger charge is -2.03. The number of fused-ring (bicyclic) bond motifs is 1. The van der Waals surface area contributed by atoms with E-state index in [-0.39, 0.29) is 5.95 Å². The third-order valence-electron chi connectivity index (χ3n) is 4.20. The molecule has 4 rings (SSSR count). The Bertz CT molecular complexity index is 1180. The van der Waals surface area contributed by atoms with E-state index in [2.05, 4.69) is 20.1 Å². The number of nitrogens with one attached hydrogen (secondary N) is 1. The number of carbonyl (C=O) groups excluding carboxylic acids is 2. The smallest absolute Gasteiger partial charge is 0.337 e. The van der Waals surface area contributed by atoms with Crippen LogP contribution in [-0.2, 0) is 4.74 Å². The third kappa shape index (κ3) is 3.37. The molecule has 2 heterocycles. The number of carbonyl (C=O) groups is 2. The molecule has 0 aliphatic heterocycles. The first-order valence-corrected chi connectivity index (χ1v) is 9.34.